The Morgan fingerprint density at radius 2 is 2.50 bits per heavy atom. The summed E-state index contributed by atoms with van der Waals surface area (Å²) in [6, 6.07) is 0.398. The third-order valence-corrected chi connectivity index (χ3v) is 2.73. The SMILES string of the molecule is CC1OCCC1NCC1CNC(=O)O1. The van der Waals surface area contributed by atoms with E-state index in [1.165, 1.54) is 0 Å². The highest BCUT2D eigenvalue weighted by atomic mass is 16.6. The van der Waals surface area contributed by atoms with Gasteiger partial charge in [-0.3, -0.25) is 0 Å². The summed E-state index contributed by atoms with van der Waals surface area (Å²) in [4.78, 5) is 10.7. The van der Waals surface area contributed by atoms with Crippen molar-refractivity contribution in [1.82, 2.24) is 10.6 Å². The molecule has 2 aliphatic heterocycles. The van der Waals surface area contributed by atoms with Gasteiger partial charge in [-0.1, -0.05) is 0 Å². The van der Waals surface area contributed by atoms with E-state index >= 15 is 0 Å². The molecule has 3 atom stereocenters. The van der Waals surface area contributed by atoms with Crippen molar-refractivity contribution in [3.05, 3.63) is 0 Å². The van der Waals surface area contributed by atoms with Crippen molar-refractivity contribution in [2.24, 2.45) is 0 Å². The van der Waals surface area contributed by atoms with E-state index in [2.05, 4.69) is 17.6 Å². The molecule has 2 saturated heterocycles. The number of rotatable bonds is 3. The number of carbonyl (C=O) groups is 1. The first-order valence-corrected chi connectivity index (χ1v) is 5.05. The Morgan fingerprint density at radius 1 is 1.64 bits per heavy atom. The second kappa shape index (κ2) is 4.14. The van der Waals surface area contributed by atoms with Crippen LogP contribution in [0.4, 0.5) is 4.79 Å². The topological polar surface area (TPSA) is 59.6 Å². The van der Waals surface area contributed by atoms with Gasteiger partial charge >= 0.3 is 6.09 Å². The number of amides is 1. The Morgan fingerprint density at radius 3 is 3.07 bits per heavy atom. The lowest BCUT2D eigenvalue weighted by molar-refractivity contribution is 0.106. The van der Waals surface area contributed by atoms with E-state index in [4.69, 9.17) is 9.47 Å². The molecule has 0 aromatic heterocycles. The van der Waals surface area contributed by atoms with Gasteiger partial charge in [-0.25, -0.2) is 4.79 Å². The molecule has 0 aromatic rings. The van der Waals surface area contributed by atoms with Crippen LogP contribution in [0, 0.1) is 0 Å². The van der Waals surface area contributed by atoms with Crippen LogP contribution in [0.25, 0.3) is 0 Å². The molecule has 2 rings (SSSR count). The van der Waals surface area contributed by atoms with Gasteiger partial charge in [-0.2, -0.15) is 0 Å². The Labute approximate surface area is 83.1 Å². The molecule has 2 N–H and O–H groups in total. The van der Waals surface area contributed by atoms with E-state index in [9.17, 15) is 4.79 Å². The van der Waals surface area contributed by atoms with Crippen LogP contribution in [-0.4, -0.2) is 44.0 Å². The molecule has 0 radical (unpaired) electrons. The van der Waals surface area contributed by atoms with Gasteiger partial charge in [0.1, 0.15) is 6.10 Å². The zero-order chi connectivity index (χ0) is 9.97. The van der Waals surface area contributed by atoms with Gasteiger partial charge in [0.2, 0.25) is 0 Å². The van der Waals surface area contributed by atoms with Crippen LogP contribution in [0.2, 0.25) is 0 Å². The smallest absolute Gasteiger partial charge is 0.407 e. The van der Waals surface area contributed by atoms with E-state index in [-0.39, 0.29) is 18.3 Å². The lowest BCUT2D eigenvalue weighted by Gasteiger charge is -2.17. The maximum absolute atomic E-state index is 10.7. The van der Waals surface area contributed by atoms with Crippen molar-refractivity contribution in [3.8, 4) is 0 Å². The number of nitrogens with one attached hydrogen (secondary N) is 2. The number of carbonyl (C=O) groups excluding carboxylic acids is 1. The molecule has 2 fully saturated rings. The molecule has 80 valence electrons. The summed E-state index contributed by atoms with van der Waals surface area (Å²) in [6.45, 7) is 4.19. The lowest BCUT2D eigenvalue weighted by atomic mass is 10.1. The zero-order valence-corrected chi connectivity index (χ0v) is 8.29. The average Bonchev–Trinajstić information content (AvgIpc) is 2.72. The maximum Gasteiger partial charge on any atom is 0.407 e. The van der Waals surface area contributed by atoms with E-state index in [1.54, 1.807) is 0 Å². The van der Waals surface area contributed by atoms with E-state index in [0.29, 0.717) is 19.1 Å². The number of ether oxygens (including phenoxy) is 2. The Kier molecular flexibility index (Phi) is 2.88. The minimum Gasteiger partial charge on any atom is -0.443 e. The number of hydrogen-bond acceptors (Lipinski definition) is 4. The predicted octanol–water partition coefficient (Wildman–Crippen LogP) is -0.138. The first kappa shape index (κ1) is 9.73. The predicted molar refractivity (Wildman–Crippen MR) is 50.1 cm³/mol. The highest BCUT2D eigenvalue weighted by molar-refractivity contribution is 5.69. The van der Waals surface area contributed by atoms with Gasteiger partial charge in [-0.05, 0) is 13.3 Å². The third kappa shape index (κ3) is 2.16. The molecule has 0 spiro atoms. The molecule has 14 heavy (non-hydrogen) atoms. The van der Waals surface area contributed by atoms with Crippen molar-refractivity contribution >= 4 is 6.09 Å². The van der Waals surface area contributed by atoms with E-state index in [0.717, 1.165) is 13.0 Å². The summed E-state index contributed by atoms with van der Waals surface area (Å²) in [7, 11) is 0. The average molecular weight is 200 g/mol. The first-order chi connectivity index (χ1) is 6.75. The summed E-state index contributed by atoms with van der Waals surface area (Å²) in [5.41, 5.74) is 0. The maximum atomic E-state index is 10.7. The van der Waals surface area contributed by atoms with Gasteiger partial charge in [0, 0.05) is 19.2 Å². The zero-order valence-electron chi connectivity index (χ0n) is 8.29. The molecule has 2 heterocycles. The van der Waals surface area contributed by atoms with Crippen LogP contribution in [0.5, 0.6) is 0 Å². The van der Waals surface area contributed by atoms with Crippen LogP contribution >= 0.6 is 0 Å². The van der Waals surface area contributed by atoms with Crippen molar-refractivity contribution in [3.63, 3.8) is 0 Å². The highest BCUT2D eigenvalue weighted by Gasteiger charge is 2.27. The van der Waals surface area contributed by atoms with Crippen LogP contribution in [-0.2, 0) is 9.47 Å². The first-order valence-electron chi connectivity index (χ1n) is 5.05. The minimum atomic E-state index is -0.312. The summed E-state index contributed by atoms with van der Waals surface area (Å²) >= 11 is 0. The van der Waals surface area contributed by atoms with Gasteiger partial charge in [0.25, 0.3) is 0 Å². The fourth-order valence-electron chi connectivity index (χ4n) is 1.83. The lowest BCUT2D eigenvalue weighted by Crippen LogP contribution is -2.40. The summed E-state index contributed by atoms with van der Waals surface area (Å²) in [5, 5.41) is 5.98. The van der Waals surface area contributed by atoms with E-state index < -0.39 is 0 Å². The van der Waals surface area contributed by atoms with Gasteiger partial charge in [0.05, 0.1) is 12.6 Å². The largest absolute Gasteiger partial charge is 0.443 e. The van der Waals surface area contributed by atoms with E-state index in [1.807, 2.05) is 0 Å². The molecule has 2 aliphatic rings. The molecule has 5 heteroatoms. The molecule has 1 amide bonds. The van der Waals surface area contributed by atoms with Crippen LogP contribution < -0.4 is 10.6 Å². The molecule has 0 saturated carbocycles. The minimum absolute atomic E-state index is 0.0321. The Hall–Kier alpha value is -0.810. The van der Waals surface area contributed by atoms with Crippen LogP contribution in [0.1, 0.15) is 13.3 Å². The molecule has 0 bridgehead atoms. The fraction of sp³-hybridized carbons (Fsp3) is 0.889. The Bertz CT molecular complexity index is 222. The molecular formula is C9H16N2O3. The van der Waals surface area contributed by atoms with Crippen molar-refractivity contribution in [1.29, 1.82) is 0 Å². The summed E-state index contributed by atoms with van der Waals surface area (Å²) in [5.74, 6) is 0. The van der Waals surface area contributed by atoms with Crippen molar-refractivity contribution in [2.75, 3.05) is 19.7 Å². The molecule has 0 aliphatic carbocycles. The molecular weight excluding hydrogens is 184 g/mol. The quantitative estimate of drug-likeness (QED) is 0.666. The fourth-order valence-corrected chi connectivity index (χ4v) is 1.83. The van der Waals surface area contributed by atoms with Crippen LogP contribution in [0.15, 0.2) is 0 Å². The van der Waals surface area contributed by atoms with Crippen molar-refractivity contribution in [2.45, 2.75) is 31.6 Å². The normalized spacial score (nSPS) is 36.9. The van der Waals surface area contributed by atoms with Crippen LogP contribution in [0.3, 0.4) is 0 Å². The monoisotopic (exact) mass is 200 g/mol. The standard InChI is InChI=1S/C9H16N2O3/c1-6-8(2-3-13-6)10-4-7-5-11-9(12)14-7/h6-8,10H,2-5H2,1H3,(H,11,12). The van der Waals surface area contributed by atoms with Crippen molar-refractivity contribution < 1.29 is 14.3 Å². The Balaban J connectivity index is 1.69. The summed E-state index contributed by atoms with van der Waals surface area (Å²) in [6.07, 6.45) is 0.956. The second-order valence-electron chi connectivity index (χ2n) is 3.79. The second-order valence-corrected chi connectivity index (χ2v) is 3.79. The third-order valence-electron chi connectivity index (χ3n) is 2.73. The molecule has 5 nitrogen and oxygen atoms in total. The molecule has 0 aromatic carbocycles. The van der Waals surface area contributed by atoms with Gasteiger partial charge in [-0.15, -0.1) is 0 Å². The summed E-state index contributed by atoms with van der Waals surface area (Å²) < 4.78 is 10.4. The number of hydrogen-bond donors (Lipinski definition) is 2. The number of alkyl carbamates (subject to hydrolysis) is 1. The molecule has 3 unspecified atom stereocenters. The number of cyclic esters (lactones) is 1. The highest BCUT2D eigenvalue weighted by Crippen LogP contribution is 2.12. The van der Waals surface area contributed by atoms with Gasteiger partial charge in [0.15, 0.2) is 0 Å². The van der Waals surface area contributed by atoms with Gasteiger partial charge < -0.3 is 20.1 Å².